The number of ether oxygens (including phenoxy) is 5. The number of hydrogen-bond donors (Lipinski definition) is 4. The number of amides is 3. The lowest BCUT2D eigenvalue weighted by Gasteiger charge is -2.35. The molecule has 0 saturated heterocycles. The number of phenols is 1. The Hall–Kier alpha value is -6.34. The first-order valence-corrected chi connectivity index (χ1v) is 21.7. The fourth-order valence-corrected chi connectivity index (χ4v) is 7.74. The Bertz CT molecular complexity index is 2410. The van der Waals surface area contributed by atoms with Crippen LogP contribution in [0, 0.1) is 12.8 Å². The Morgan fingerprint density at radius 2 is 1.77 bits per heavy atom. The maximum absolute atomic E-state index is 14.0. The number of aryl methyl sites for hydroxylation is 1. The summed E-state index contributed by atoms with van der Waals surface area (Å²) in [7, 11) is 0. The number of cyclic esters (lactones) is 1. The summed E-state index contributed by atoms with van der Waals surface area (Å²) in [5.41, 5.74) is 0.966. The highest BCUT2D eigenvalue weighted by Crippen LogP contribution is 2.42. The van der Waals surface area contributed by atoms with E-state index in [0.717, 1.165) is 40.4 Å². The minimum absolute atomic E-state index is 0.0698. The van der Waals surface area contributed by atoms with Crippen molar-refractivity contribution >= 4 is 40.6 Å². The van der Waals surface area contributed by atoms with Gasteiger partial charge in [-0.15, -0.1) is 5.10 Å². The zero-order valence-electron chi connectivity index (χ0n) is 36.9. The lowest BCUT2D eigenvalue weighted by Crippen LogP contribution is -2.53. The second kappa shape index (κ2) is 21.4. The molecule has 4 aromatic rings. The molecule has 0 fully saturated rings. The molecule has 2 aliphatic rings. The fourth-order valence-electron chi connectivity index (χ4n) is 7.74. The van der Waals surface area contributed by atoms with Crippen LogP contribution in [0.1, 0.15) is 82.2 Å². The van der Waals surface area contributed by atoms with Gasteiger partial charge < -0.3 is 49.3 Å². The van der Waals surface area contributed by atoms with Crippen molar-refractivity contribution in [2.45, 2.75) is 104 Å². The molecule has 3 atom stereocenters. The topological polar surface area (TPSA) is 241 Å². The van der Waals surface area contributed by atoms with E-state index in [4.69, 9.17) is 23.7 Å². The third-order valence-corrected chi connectivity index (χ3v) is 11.3. The highest BCUT2D eigenvalue weighted by molar-refractivity contribution is 5.92. The monoisotopic (exact) mass is 887 g/mol. The first kappa shape index (κ1) is 47.1. The third kappa shape index (κ3) is 11.2. The predicted octanol–water partition coefficient (Wildman–Crippen LogP) is 3.51. The number of aromatic nitrogens is 4. The van der Waals surface area contributed by atoms with Gasteiger partial charge in [-0.25, -0.2) is 14.3 Å². The van der Waals surface area contributed by atoms with Gasteiger partial charge in [-0.3, -0.25) is 19.2 Å². The van der Waals surface area contributed by atoms with Gasteiger partial charge in [0, 0.05) is 23.9 Å². The van der Waals surface area contributed by atoms with E-state index < -0.39 is 54.1 Å². The SMILES string of the molecule is CCCCCC(NC(=O)COCC(=O)NCCOCCn1cc(C)nn1)C(=O)NC(COC(=O)OC1(CC)C(=O)OCc2c1cc1n(c2=O)Cc2cc3cc(O)ccc3cc2-1)C(C)C. The zero-order valence-corrected chi connectivity index (χ0v) is 36.9. The van der Waals surface area contributed by atoms with Crippen LogP contribution in [0.4, 0.5) is 4.79 Å². The standard InChI is InChI=1S/C45H57N7O12/c1-6-8-9-10-36(47-40(55)26-61-25-39(54)46-13-15-60-16-14-51-21-28(5)49-50-51)41(56)48-37(27(3)4)24-63-44(59)64-45(7-2)35-20-38-33-19-29-11-12-32(53)18-30(29)17-31(33)22-52(38)42(57)34(35)23-62-43(45)58/h11-12,17-21,27,36-37,53H,6-10,13-16,22-26H2,1-5H3,(H,46,54)(H,47,55)(H,48,56). The van der Waals surface area contributed by atoms with Crippen molar-refractivity contribution in [3.05, 3.63) is 75.3 Å². The maximum atomic E-state index is 14.0. The number of rotatable bonds is 22. The molecule has 6 rings (SSSR count). The fraction of sp³-hybridized carbons (Fsp3) is 0.511. The molecule has 2 aromatic heterocycles. The second-order valence-electron chi connectivity index (χ2n) is 16.3. The Morgan fingerprint density at radius 3 is 2.50 bits per heavy atom. The van der Waals surface area contributed by atoms with Crippen LogP contribution in [-0.2, 0) is 68.2 Å². The van der Waals surface area contributed by atoms with Crippen LogP contribution in [-0.4, -0.2) is 106 Å². The summed E-state index contributed by atoms with van der Waals surface area (Å²) in [5, 5.41) is 27.7. The highest BCUT2D eigenvalue weighted by Gasteiger charge is 2.51. The van der Waals surface area contributed by atoms with E-state index in [1.54, 1.807) is 46.6 Å². The van der Waals surface area contributed by atoms with Crippen LogP contribution < -0.4 is 21.5 Å². The van der Waals surface area contributed by atoms with Gasteiger partial charge in [0.15, 0.2) is 0 Å². The van der Waals surface area contributed by atoms with E-state index in [9.17, 15) is 33.9 Å². The number of nitrogens with zero attached hydrogens (tertiary/aromatic N) is 4. The number of benzene rings is 2. The van der Waals surface area contributed by atoms with Gasteiger partial charge in [0.25, 0.3) is 5.56 Å². The molecule has 2 aliphatic heterocycles. The number of carbonyl (C=O) groups excluding carboxylic acids is 5. The number of fused-ring (bicyclic) bond motifs is 5. The molecule has 0 spiro atoms. The largest absolute Gasteiger partial charge is 0.509 e. The van der Waals surface area contributed by atoms with Gasteiger partial charge in [-0.1, -0.05) is 58.2 Å². The van der Waals surface area contributed by atoms with E-state index in [1.807, 2.05) is 39.8 Å². The van der Waals surface area contributed by atoms with E-state index >= 15 is 0 Å². The third-order valence-electron chi connectivity index (χ3n) is 11.3. The number of carbonyl (C=O) groups is 5. The molecule has 19 heteroatoms. The quantitative estimate of drug-likeness (QED) is 0.0575. The molecule has 0 aliphatic carbocycles. The summed E-state index contributed by atoms with van der Waals surface area (Å²) in [6.45, 7) is 9.33. The van der Waals surface area contributed by atoms with Gasteiger partial charge in [0.05, 0.1) is 49.3 Å². The smallest absolute Gasteiger partial charge is 0.508 e. The summed E-state index contributed by atoms with van der Waals surface area (Å²) in [4.78, 5) is 79.8. The van der Waals surface area contributed by atoms with E-state index in [2.05, 4.69) is 26.3 Å². The predicted molar refractivity (Wildman–Crippen MR) is 231 cm³/mol. The van der Waals surface area contributed by atoms with Crippen LogP contribution >= 0.6 is 0 Å². The summed E-state index contributed by atoms with van der Waals surface area (Å²) in [6, 6.07) is 8.84. The number of unbranched alkanes of at least 4 members (excludes halogenated alkanes) is 2. The van der Waals surface area contributed by atoms with Gasteiger partial charge in [0.2, 0.25) is 23.3 Å². The minimum atomic E-state index is -1.99. The highest BCUT2D eigenvalue weighted by atomic mass is 16.7. The number of aromatic hydroxyl groups is 1. The normalized spacial score (nSPS) is 16.0. The molecule has 344 valence electrons. The molecule has 4 N–H and O–H groups in total. The second-order valence-corrected chi connectivity index (χ2v) is 16.3. The Kier molecular flexibility index (Phi) is 15.7. The van der Waals surface area contributed by atoms with Crippen molar-refractivity contribution in [3.63, 3.8) is 0 Å². The van der Waals surface area contributed by atoms with E-state index in [-0.39, 0.29) is 74.3 Å². The maximum Gasteiger partial charge on any atom is 0.509 e. The van der Waals surface area contributed by atoms with Gasteiger partial charge in [-0.05, 0) is 72.4 Å². The number of nitrogens with one attached hydrogen (secondary N) is 3. The van der Waals surface area contributed by atoms with Crippen LogP contribution in [0.15, 0.2) is 47.4 Å². The van der Waals surface area contributed by atoms with Crippen molar-refractivity contribution < 1.29 is 52.8 Å². The Labute approximate surface area is 370 Å². The average molecular weight is 888 g/mol. The van der Waals surface area contributed by atoms with Crippen molar-refractivity contribution in [3.8, 4) is 17.0 Å². The number of esters is 1. The van der Waals surface area contributed by atoms with Gasteiger partial charge in [0.1, 0.15) is 38.2 Å². The van der Waals surface area contributed by atoms with Gasteiger partial charge >= 0.3 is 12.1 Å². The summed E-state index contributed by atoms with van der Waals surface area (Å²) in [5.74, 6) is -2.52. The van der Waals surface area contributed by atoms with Crippen molar-refractivity contribution in [2.24, 2.45) is 5.92 Å². The van der Waals surface area contributed by atoms with Crippen LogP contribution in [0.5, 0.6) is 5.75 Å². The molecule has 0 bridgehead atoms. The number of hydrogen-bond acceptors (Lipinski definition) is 14. The molecule has 2 aromatic carbocycles. The average Bonchev–Trinajstić information content (AvgIpc) is 3.85. The molecular weight excluding hydrogens is 831 g/mol. The molecule has 3 amide bonds. The number of pyridine rings is 1. The molecule has 0 saturated carbocycles. The first-order valence-electron chi connectivity index (χ1n) is 21.7. The number of phenolic OH excluding ortho intramolecular Hbond substituents is 1. The van der Waals surface area contributed by atoms with Crippen LogP contribution in [0.25, 0.3) is 22.0 Å². The molecular formula is C45H57N7O12. The first-order chi connectivity index (χ1) is 30.7. The van der Waals surface area contributed by atoms with E-state index in [1.165, 1.54) is 0 Å². The van der Waals surface area contributed by atoms with Crippen LogP contribution in [0.3, 0.4) is 0 Å². The van der Waals surface area contributed by atoms with Crippen molar-refractivity contribution in [1.29, 1.82) is 0 Å². The Balaban J connectivity index is 1.03. The zero-order chi connectivity index (χ0) is 46.0. The van der Waals surface area contributed by atoms with Crippen molar-refractivity contribution in [1.82, 2.24) is 35.5 Å². The van der Waals surface area contributed by atoms with Gasteiger partial charge in [-0.2, -0.15) is 0 Å². The Morgan fingerprint density at radius 1 is 0.969 bits per heavy atom. The lowest BCUT2D eigenvalue weighted by atomic mass is 9.85. The molecule has 3 unspecified atom stereocenters. The summed E-state index contributed by atoms with van der Waals surface area (Å²) >= 11 is 0. The molecule has 4 heterocycles. The van der Waals surface area contributed by atoms with Crippen LogP contribution in [0.2, 0.25) is 0 Å². The van der Waals surface area contributed by atoms with Crippen molar-refractivity contribution in [2.75, 3.05) is 39.6 Å². The molecule has 19 nitrogen and oxygen atoms in total. The van der Waals surface area contributed by atoms with E-state index in [0.29, 0.717) is 31.7 Å². The summed E-state index contributed by atoms with van der Waals surface area (Å²) < 4.78 is 30.9. The lowest BCUT2D eigenvalue weighted by molar-refractivity contribution is -0.175. The molecule has 64 heavy (non-hydrogen) atoms. The molecule has 0 radical (unpaired) electrons. The minimum Gasteiger partial charge on any atom is -0.508 e. The summed E-state index contributed by atoms with van der Waals surface area (Å²) in [6.07, 6.45) is 3.18.